The molecule has 28 heavy (non-hydrogen) atoms. The summed E-state index contributed by atoms with van der Waals surface area (Å²) < 4.78 is 0. The van der Waals surface area contributed by atoms with Crippen molar-refractivity contribution in [2.75, 3.05) is 5.32 Å². The van der Waals surface area contributed by atoms with Crippen LogP contribution in [-0.2, 0) is 4.79 Å². The average Bonchev–Trinajstić information content (AvgIpc) is 2.63. The highest BCUT2D eigenvalue weighted by atomic mass is 16.3. The maximum atomic E-state index is 12.7. The number of amides is 1. The predicted molar refractivity (Wildman–Crippen MR) is 108 cm³/mol. The molecule has 1 unspecified atom stereocenters. The maximum absolute atomic E-state index is 12.7. The molecule has 4 bridgehead atoms. The number of carbonyl (C=O) groups is 1. The second kappa shape index (κ2) is 7.16. The average molecular weight is 380 g/mol. The molecule has 148 valence electrons. The Kier molecular flexibility index (Phi) is 4.82. The van der Waals surface area contributed by atoms with E-state index in [4.69, 9.17) is 0 Å². The number of nitriles is 1. The maximum Gasteiger partial charge on any atom is 0.263 e. The number of aryl methyl sites for hydroxylation is 1. The summed E-state index contributed by atoms with van der Waals surface area (Å²) in [4.78, 5) is 12.7. The van der Waals surface area contributed by atoms with E-state index < -0.39 is 0 Å². The van der Waals surface area contributed by atoms with Gasteiger partial charge >= 0.3 is 0 Å². The SMILES string of the molecule is Cc1ccc(O)c(N/C=C(/C#N)C(=O)NC(C)C23CC4CC(CC(C4)C2)C3)c1. The standard InChI is InChI=1S/C23H29N3O2/c1-14-3-4-21(27)20(5-14)25-13-19(12-24)22(28)26-15(2)23-9-16-6-17(10-23)8-18(7-16)11-23/h3-5,13,15-18,25,27H,6-11H2,1-2H3,(H,26,28)/b19-13-. The predicted octanol–water partition coefficient (Wildman–Crippen LogP) is 4.24. The van der Waals surface area contributed by atoms with Crippen molar-refractivity contribution < 1.29 is 9.90 Å². The summed E-state index contributed by atoms with van der Waals surface area (Å²) in [5.74, 6) is 2.21. The first-order valence-corrected chi connectivity index (χ1v) is 10.4. The van der Waals surface area contributed by atoms with Gasteiger partial charge in [-0.2, -0.15) is 5.26 Å². The Morgan fingerprint density at radius 2 is 1.86 bits per heavy atom. The van der Waals surface area contributed by atoms with Gasteiger partial charge in [0.25, 0.3) is 5.91 Å². The van der Waals surface area contributed by atoms with Crippen molar-refractivity contribution in [1.29, 1.82) is 5.26 Å². The zero-order valence-electron chi connectivity index (χ0n) is 16.7. The summed E-state index contributed by atoms with van der Waals surface area (Å²) in [6, 6.07) is 7.22. The largest absolute Gasteiger partial charge is 0.506 e. The number of nitrogens with one attached hydrogen (secondary N) is 2. The number of phenolic OH excluding ortho intramolecular Hbond substituents is 1. The fourth-order valence-corrected chi connectivity index (χ4v) is 6.20. The fraction of sp³-hybridized carbons (Fsp3) is 0.565. The molecule has 0 aromatic heterocycles. The molecule has 4 aliphatic rings. The molecule has 0 radical (unpaired) electrons. The zero-order chi connectivity index (χ0) is 19.9. The molecule has 5 rings (SSSR count). The van der Waals surface area contributed by atoms with Crippen molar-refractivity contribution >= 4 is 11.6 Å². The molecule has 0 saturated heterocycles. The third kappa shape index (κ3) is 3.48. The molecule has 4 aliphatic carbocycles. The van der Waals surface area contributed by atoms with Gasteiger partial charge in [-0.3, -0.25) is 4.79 Å². The zero-order valence-corrected chi connectivity index (χ0v) is 16.7. The van der Waals surface area contributed by atoms with Gasteiger partial charge in [-0.25, -0.2) is 0 Å². The van der Waals surface area contributed by atoms with Crippen LogP contribution in [0, 0.1) is 41.4 Å². The van der Waals surface area contributed by atoms with Crippen molar-refractivity contribution in [2.24, 2.45) is 23.2 Å². The molecule has 1 aromatic carbocycles. The molecule has 4 saturated carbocycles. The van der Waals surface area contributed by atoms with E-state index in [1.807, 2.05) is 13.0 Å². The van der Waals surface area contributed by atoms with Gasteiger partial charge in [0.2, 0.25) is 0 Å². The second-order valence-electron chi connectivity index (χ2n) is 9.31. The Morgan fingerprint density at radius 1 is 1.25 bits per heavy atom. The lowest BCUT2D eigenvalue weighted by Crippen LogP contribution is -2.56. The number of hydrogen-bond donors (Lipinski definition) is 3. The molecular weight excluding hydrogens is 350 g/mol. The van der Waals surface area contributed by atoms with Crippen molar-refractivity contribution in [3.8, 4) is 11.8 Å². The van der Waals surface area contributed by atoms with Crippen LogP contribution in [0.2, 0.25) is 0 Å². The van der Waals surface area contributed by atoms with E-state index in [1.165, 1.54) is 44.7 Å². The van der Waals surface area contributed by atoms with Gasteiger partial charge in [0.15, 0.2) is 0 Å². The molecule has 5 heteroatoms. The Morgan fingerprint density at radius 3 is 2.43 bits per heavy atom. The molecule has 3 N–H and O–H groups in total. The molecule has 0 aliphatic heterocycles. The lowest BCUT2D eigenvalue weighted by atomic mass is 9.48. The highest BCUT2D eigenvalue weighted by molar-refractivity contribution is 5.97. The highest BCUT2D eigenvalue weighted by Gasteiger charge is 2.53. The highest BCUT2D eigenvalue weighted by Crippen LogP contribution is 2.61. The van der Waals surface area contributed by atoms with Gasteiger partial charge in [0.1, 0.15) is 17.4 Å². The normalized spacial score (nSPS) is 31.9. The van der Waals surface area contributed by atoms with Crippen LogP contribution in [0.4, 0.5) is 5.69 Å². The summed E-state index contributed by atoms with van der Waals surface area (Å²) in [5, 5.41) is 25.4. The van der Waals surface area contributed by atoms with E-state index in [0.717, 1.165) is 23.3 Å². The van der Waals surface area contributed by atoms with E-state index in [-0.39, 0.29) is 28.7 Å². The van der Waals surface area contributed by atoms with Crippen LogP contribution < -0.4 is 10.6 Å². The van der Waals surface area contributed by atoms with Crippen LogP contribution in [-0.4, -0.2) is 17.1 Å². The lowest BCUT2D eigenvalue weighted by Gasteiger charge is -2.59. The molecule has 4 fully saturated rings. The van der Waals surface area contributed by atoms with Gasteiger partial charge < -0.3 is 15.7 Å². The number of carbonyl (C=O) groups excluding carboxylic acids is 1. The molecule has 1 atom stereocenters. The summed E-state index contributed by atoms with van der Waals surface area (Å²) >= 11 is 0. The molecule has 1 amide bonds. The monoisotopic (exact) mass is 379 g/mol. The Hall–Kier alpha value is -2.48. The third-order valence-corrected chi connectivity index (χ3v) is 7.24. The van der Waals surface area contributed by atoms with E-state index in [0.29, 0.717) is 5.69 Å². The van der Waals surface area contributed by atoms with E-state index >= 15 is 0 Å². The van der Waals surface area contributed by atoms with Crippen LogP contribution >= 0.6 is 0 Å². The number of aromatic hydroxyl groups is 1. The van der Waals surface area contributed by atoms with E-state index in [2.05, 4.69) is 17.6 Å². The van der Waals surface area contributed by atoms with Gasteiger partial charge in [0.05, 0.1) is 5.69 Å². The van der Waals surface area contributed by atoms with Gasteiger partial charge in [-0.15, -0.1) is 0 Å². The van der Waals surface area contributed by atoms with Crippen LogP contribution in [0.15, 0.2) is 30.0 Å². The number of hydrogen-bond acceptors (Lipinski definition) is 4. The Bertz CT molecular complexity index is 817. The molecule has 0 spiro atoms. The third-order valence-electron chi connectivity index (χ3n) is 7.24. The number of anilines is 1. The van der Waals surface area contributed by atoms with Gasteiger partial charge in [-0.1, -0.05) is 6.07 Å². The first kappa shape index (κ1) is 18.9. The molecular formula is C23H29N3O2. The van der Waals surface area contributed by atoms with Crippen LogP contribution in [0.3, 0.4) is 0 Å². The molecule has 0 heterocycles. The van der Waals surface area contributed by atoms with Crippen molar-refractivity contribution in [2.45, 2.75) is 58.4 Å². The number of phenols is 1. The molecule has 1 aromatic rings. The van der Waals surface area contributed by atoms with E-state index in [9.17, 15) is 15.2 Å². The van der Waals surface area contributed by atoms with Crippen LogP contribution in [0.25, 0.3) is 0 Å². The Labute approximate surface area is 166 Å². The number of nitrogens with zero attached hydrogens (tertiary/aromatic N) is 1. The first-order valence-electron chi connectivity index (χ1n) is 10.4. The van der Waals surface area contributed by atoms with Crippen LogP contribution in [0.5, 0.6) is 5.75 Å². The summed E-state index contributed by atoms with van der Waals surface area (Å²) in [6.07, 6.45) is 9.12. The van der Waals surface area contributed by atoms with Crippen molar-refractivity contribution in [3.63, 3.8) is 0 Å². The lowest BCUT2D eigenvalue weighted by molar-refractivity contribution is -0.122. The quantitative estimate of drug-likeness (QED) is 0.406. The van der Waals surface area contributed by atoms with Gasteiger partial charge in [-0.05, 0) is 93.2 Å². The van der Waals surface area contributed by atoms with E-state index in [1.54, 1.807) is 18.2 Å². The summed E-state index contributed by atoms with van der Waals surface area (Å²) in [5.41, 5.74) is 1.69. The van der Waals surface area contributed by atoms with Gasteiger partial charge in [0, 0.05) is 12.2 Å². The smallest absolute Gasteiger partial charge is 0.263 e. The molecule has 5 nitrogen and oxygen atoms in total. The minimum Gasteiger partial charge on any atom is -0.506 e. The van der Waals surface area contributed by atoms with Crippen LogP contribution in [0.1, 0.15) is 51.0 Å². The number of rotatable bonds is 5. The Balaban J connectivity index is 1.44. The van der Waals surface area contributed by atoms with Crippen molar-refractivity contribution in [1.82, 2.24) is 5.32 Å². The second-order valence-corrected chi connectivity index (χ2v) is 9.31. The summed E-state index contributed by atoms with van der Waals surface area (Å²) in [6.45, 7) is 4.03. The topological polar surface area (TPSA) is 85.2 Å². The minimum absolute atomic E-state index is 0.0254. The van der Waals surface area contributed by atoms with Crippen molar-refractivity contribution in [3.05, 3.63) is 35.5 Å². The summed E-state index contributed by atoms with van der Waals surface area (Å²) in [7, 11) is 0. The number of benzene rings is 1. The fourth-order valence-electron chi connectivity index (χ4n) is 6.20. The minimum atomic E-state index is -0.342. The first-order chi connectivity index (χ1) is 13.4.